The number of hydrogen-bond acceptors (Lipinski definition) is 17. The van der Waals surface area contributed by atoms with Crippen LogP contribution in [0.25, 0.3) is 77.3 Å². The molecule has 7 N–H and O–H groups in total. The maximum Gasteiger partial charge on any atom is 0.343 e. The van der Waals surface area contributed by atoms with E-state index in [1.165, 1.54) is 36.9 Å². The van der Waals surface area contributed by atoms with Crippen LogP contribution in [0.2, 0.25) is 0 Å². The molecule has 21 heteroatoms. The van der Waals surface area contributed by atoms with E-state index >= 15 is 0 Å². The Kier molecular flexibility index (Phi) is 13.9. The highest BCUT2D eigenvalue weighted by molar-refractivity contribution is 6.00. The Morgan fingerprint density at radius 3 is 1.60 bits per heavy atom. The number of nitrogen functional groups attached to an aromatic ring is 2. The molecule has 0 spiro atoms. The van der Waals surface area contributed by atoms with Crippen molar-refractivity contribution in [3.63, 3.8) is 0 Å². The van der Waals surface area contributed by atoms with Crippen LogP contribution >= 0.6 is 0 Å². The standard InChI is InChI=1S/C33H34FN7O3.C27H23FN6O3/c1-19(41-32-28(31(35)36-18-37-32)29(38-41)21-14-22(34)16-24(42)15-21)30-27(25-7-3-4-8-26(25)33(43)44-30)20-6-5-11-40(17-20)23-9-12-39(2)13-10-23;1-14(24-21(15-5-4-8-30-12-15)19-6-2-3-7-20(19)27(36)37-24)34-26-22(25(29)31-13-32-26)23(33-34)16-9-17(28)11-18(35)10-16/h3-4,6-8,14-16,18-19,23,42H,5,9-13,17H2,1-2H3,(H2,35,36,37);2-3,5-7,9-11,13-14,30,35H,4,8,12H2,1H3,(H2,29,31,32). The van der Waals surface area contributed by atoms with Gasteiger partial charge in [0.2, 0.25) is 0 Å². The number of aromatic hydroxyl groups is 2. The average Bonchev–Trinajstić information content (AvgIpc) is 4.18. The van der Waals surface area contributed by atoms with E-state index < -0.39 is 35.0 Å². The van der Waals surface area contributed by atoms with E-state index in [4.69, 9.17) is 30.5 Å². The van der Waals surface area contributed by atoms with Gasteiger partial charge in [0.25, 0.3) is 0 Å². The molecule has 1 fully saturated rings. The van der Waals surface area contributed by atoms with Gasteiger partial charge in [-0.1, -0.05) is 48.6 Å². The third-order valence-corrected chi connectivity index (χ3v) is 15.6. The second kappa shape index (κ2) is 21.5. The number of phenolic OH excluding ortho intramolecular Hbond substituents is 2. The Balaban J connectivity index is 0.000000163. The topological polar surface area (TPSA) is 259 Å². The molecule has 0 aliphatic carbocycles. The van der Waals surface area contributed by atoms with Gasteiger partial charge in [-0.15, -0.1) is 0 Å². The summed E-state index contributed by atoms with van der Waals surface area (Å²) in [4.78, 5) is 48.5. The predicted molar refractivity (Wildman–Crippen MR) is 306 cm³/mol. The fourth-order valence-corrected chi connectivity index (χ4v) is 11.7. The van der Waals surface area contributed by atoms with E-state index in [0.717, 1.165) is 104 Å². The van der Waals surface area contributed by atoms with E-state index in [-0.39, 0.29) is 23.1 Å². The summed E-state index contributed by atoms with van der Waals surface area (Å²) in [6.07, 6.45) is 11.1. The maximum atomic E-state index is 14.4. The number of nitrogens with one attached hydrogen (secondary N) is 1. The highest BCUT2D eigenvalue weighted by Crippen LogP contribution is 2.41. The summed E-state index contributed by atoms with van der Waals surface area (Å²) in [7, 11) is 2.17. The van der Waals surface area contributed by atoms with Crippen LogP contribution in [0.1, 0.15) is 74.3 Å². The zero-order valence-corrected chi connectivity index (χ0v) is 44.6. The number of hydrogen-bond donors (Lipinski definition) is 5. The fourth-order valence-electron chi connectivity index (χ4n) is 11.7. The monoisotopic (exact) mass is 1090 g/mol. The maximum absolute atomic E-state index is 14.4. The number of likely N-dealkylation sites (tertiary alicyclic amines) is 1. The zero-order valence-electron chi connectivity index (χ0n) is 44.6. The normalized spacial score (nSPS) is 16.4. The summed E-state index contributed by atoms with van der Waals surface area (Å²) >= 11 is 0. The van der Waals surface area contributed by atoms with Gasteiger partial charge in [0.15, 0.2) is 11.3 Å². The first-order valence-corrected chi connectivity index (χ1v) is 26.8. The molecule has 412 valence electrons. The minimum absolute atomic E-state index is 0.154. The summed E-state index contributed by atoms with van der Waals surface area (Å²) in [6.45, 7) is 9.13. The number of benzene rings is 4. The second-order valence-electron chi connectivity index (χ2n) is 20.8. The first kappa shape index (κ1) is 52.5. The van der Waals surface area contributed by atoms with Gasteiger partial charge in [-0.05, 0) is 125 Å². The first-order valence-electron chi connectivity index (χ1n) is 26.8. The van der Waals surface area contributed by atoms with Crippen molar-refractivity contribution in [1.29, 1.82) is 0 Å². The van der Waals surface area contributed by atoms with E-state index in [9.17, 15) is 28.6 Å². The predicted octanol–water partition coefficient (Wildman–Crippen LogP) is 8.83. The van der Waals surface area contributed by atoms with E-state index in [1.54, 1.807) is 27.6 Å². The number of phenols is 2. The molecule has 19 nitrogen and oxygen atoms in total. The number of nitrogens with zero attached hydrogens (tertiary/aromatic N) is 10. The molecular formula is C60H57F2N13O6. The molecule has 3 aliphatic heterocycles. The summed E-state index contributed by atoms with van der Waals surface area (Å²) in [6, 6.07) is 21.6. The van der Waals surface area contributed by atoms with Crippen LogP contribution in [0.15, 0.2) is 128 Å². The van der Waals surface area contributed by atoms with Crippen LogP contribution in [-0.4, -0.2) is 112 Å². The van der Waals surface area contributed by atoms with Crippen LogP contribution in [0.3, 0.4) is 0 Å². The van der Waals surface area contributed by atoms with Gasteiger partial charge in [0.05, 0.1) is 21.5 Å². The largest absolute Gasteiger partial charge is 0.508 e. The number of halogens is 2. The quantitative estimate of drug-likeness (QED) is 0.0904. The third kappa shape index (κ3) is 9.82. The molecule has 9 heterocycles. The second-order valence-corrected chi connectivity index (χ2v) is 20.8. The summed E-state index contributed by atoms with van der Waals surface area (Å²) in [5.41, 5.74) is 17.5. The van der Waals surface area contributed by atoms with E-state index in [2.05, 4.69) is 54.3 Å². The van der Waals surface area contributed by atoms with Crippen molar-refractivity contribution < 1.29 is 27.8 Å². The van der Waals surface area contributed by atoms with Crippen molar-refractivity contribution in [2.45, 2.75) is 57.7 Å². The zero-order chi connectivity index (χ0) is 56.2. The molecule has 0 amide bonds. The minimum Gasteiger partial charge on any atom is -0.508 e. The highest BCUT2D eigenvalue weighted by Gasteiger charge is 2.32. The van der Waals surface area contributed by atoms with Crippen molar-refractivity contribution in [1.82, 2.24) is 54.6 Å². The average molecular weight is 1090 g/mol. The van der Waals surface area contributed by atoms with Crippen LogP contribution in [0.5, 0.6) is 11.5 Å². The van der Waals surface area contributed by atoms with Crippen molar-refractivity contribution >= 4 is 66.4 Å². The van der Waals surface area contributed by atoms with E-state index in [1.807, 2.05) is 44.2 Å². The highest BCUT2D eigenvalue weighted by atomic mass is 19.1. The smallest absolute Gasteiger partial charge is 0.343 e. The summed E-state index contributed by atoms with van der Waals surface area (Å²) in [5.74, 6) is -0.534. The molecule has 2 unspecified atom stereocenters. The fraction of sp³-hybridized carbons (Fsp3) is 0.267. The number of aromatic nitrogens is 8. The van der Waals surface area contributed by atoms with Crippen LogP contribution in [-0.2, 0) is 0 Å². The molecule has 3 aliphatic rings. The number of anilines is 2. The SMILES string of the molecule is CC(c1oc(=O)c2ccccc2c1C1=CCCN(C2CCN(C)CC2)C1)n1nc(-c2cc(O)cc(F)c2)c2c(N)ncnc21.CC(c1oc(=O)c2ccccc2c1C1=CCCNC1)n1nc(-c2cc(O)cc(F)c2)c2c(N)ncnc21. The van der Waals surface area contributed by atoms with Crippen molar-refractivity contribution in [3.05, 3.63) is 165 Å². The summed E-state index contributed by atoms with van der Waals surface area (Å²) < 4.78 is 43.9. The van der Waals surface area contributed by atoms with Gasteiger partial charge in [-0.2, -0.15) is 10.2 Å². The molecule has 4 aromatic carbocycles. The Bertz CT molecular complexity index is 4250. The molecular weight excluding hydrogens is 1040 g/mol. The summed E-state index contributed by atoms with van der Waals surface area (Å²) in [5, 5.41) is 36.5. The van der Waals surface area contributed by atoms with Gasteiger partial charge in [-0.25, -0.2) is 47.7 Å². The molecule has 10 aromatic rings. The Morgan fingerprint density at radius 1 is 0.642 bits per heavy atom. The molecule has 81 heavy (non-hydrogen) atoms. The van der Waals surface area contributed by atoms with E-state index in [0.29, 0.717) is 79.5 Å². The lowest BCUT2D eigenvalue weighted by atomic mass is 9.91. The van der Waals surface area contributed by atoms with Gasteiger partial charge in [0, 0.05) is 60.1 Å². The minimum atomic E-state index is -0.624. The lowest BCUT2D eigenvalue weighted by Gasteiger charge is -2.39. The lowest BCUT2D eigenvalue weighted by Crippen LogP contribution is -2.45. The molecule has 0 radical (unpaired) electrons. The van der Waals surface area contributed by atoms with Crippen molar-refractivity contribution in [3.8, 4) is 34.0 Å². The molecule has 13 rings (SSSR count). The Morgan fingerprint density at radius 2 is 1.12 bits per heavy atom. The van der Waals surface area contributed by atoms with Crippen LogP contribution < -0.4 is 28.0 Å². The lowest BCUT2D eigenvalue weighted by molar-refractivity contribution is 0.132. The molecule has 6 aromatic heterocycles. The number of nitrogens with two attached hydrogens (primary N) is 2. The van der Waals surface area contributed by atoms with Gasteiger partial charge in [0.1, 0.15) is 82.4 Å². The van der Waals surface area contributed by atoms with Gasteiger partial charge >= 0.3 is 11.3 Å². The molecule has 0 saturated carbocycles. The first-order chi connectivity index (χ1) is 39.2. The number of fused-ring (bicyclic) bond motifs is 4. The molecule has 1 saturated heterocycles. The van der Waals surface area contributed by atoms with Gasteiger partial charge in [-0.3, -0.25) is 4.90 Å². The number of piperidine rings is 1. The van der Waals surface area contributed by atoms with Crippen molar-refractivity contribution in [2.24, 2.45) is 0 Å². The van der Waals surface area contributed by atoms with Crippen LogP contribution in [0.4, 0.5) is 20.4 Å². The molecule has 0 bridgehead atoms. The Labute approximate surface area is 461 Å². The van der Waals surface area contributed by atoms with Crippen molar-refractivity contribution in [2.75, 3.05) is 57.8 Å². The number of rotatable bonds is 9. The van der Waals surface area contributed by atoms with Crippen LogP contribution in [0, 0.1) is 11.6 Å². The Hall–Kier alpha value is -9.18. The molecule has 2 atom stereocenters. The third-order valence-electron chi connectivity index (χ3n) is 15.6. The van der Waals surface area contributed by atoms with Gasteiger partial charge < -0.3 is 40.7 Å².